The van der Waals surface area contributed by atoms with Crippen LogP contribution in [0.3, 0.4) is 0 Å². The van der Waals surface area contributed by atoms with Crippen molar-refractivity contribution in [3.63, 3.8) is 0 Å². The van der Waals surface area contributed by atoms with E-state index in [1.807, 2.05) is 0 Å². The third-order valence-corrected chi connectivity index (χ3v) is 4.13. The summed E-state index contributed by atoms with van der Waals surface area (Å²) in [6.07, 6.45) is 2.70. The van der Waals surface area contributed by atoms with E-state index >= 15 is 0 Å². The summed E-state index contributed by atoms with van der Waals surface area (Å²) in [6, 6.07) is 4.36. The minimum atomic E-state index is -0.568. The summed E-state index contributed by atoms with van der Waals surface area (Å²) in [5.41, 5.74) is -0.269. The fourth-order valence-corrected chi connectivity index (χ4v) is 2.86. The first kappa shape index (κ1) is 15.7. The van der Waals surface area contributed by atoms with E-state index < -0.39 is 4.92 Å². The van der Waals surface area contributed by atoms with E-state index in [-0.39, 0.29) is 28.2 Å². The fourth-order valence-electron chi connectivity index (χ4n) is 2.61. The molecule has 1 atom stereocenters. The van der Waals surface area contributed by atoms with Crippen molar-refractivity contribution >= 4 is 23.2 Å². The number of rotatable bonds is 3. The molecule has 0 radical (unpaired) electrons. The Morgan fingerprint density at radius 2 is 2.19 bits per heavy atom. The zero-order valence-corrected chi connectivity index (χ0v) is 12.6. The van der Waals surface area contributed by atoms with Crippen LogP contribution < -0.4 is 5.32 Å². The van der Waals surface area contributed by atoms with Crippen LogP contribution in [0.4, 0.5) is 5.69 Å². The average Bonchev–Trinajstić information content (AvgIpc) is 2.74. The molecule has 0 spiro atoms. The predicted molar refractivity (Wildman–Crippen MR) is 80.7 cm³/mol. The maximum atomic E-state index is 12.6. The Labute approximate surface area is 128 Å². The van der Waals surface area contributed by atoms with Gasteiger partial charge in [-0.15, -0.1) is 0 Å². The standard InChI is InChI=1S/C14H18ClN3O3/c1-17(10-4-3-8-16-9-7-10)14(19)13-11(15)5-2-6-12(13)18(20)21/h2,5-6,10,16H,3-4,7-9H2,1H3. The number of benzene rings is 1. The Bertz CT molecular complexity index is 542. The van der Waals surface area contributed by atoms with Gasteiger partial charge >= 0.3 is 0 Å². The van der Waals surface area contributed by atoms with Crippen molar-refractivity contribution in [2.75, 3.05) is 20.1 Å². The van der Waals surface area contributed by atoms with Crippen LogP contribution in [0.2, 0.25) is 5.02 Å². The summed E-state index contributed by atoms with van der Waals surface area (Å²) >= 11 is 6.02. The van der Waals surface area contributed by atoms with E-state index in [4.69, 9.17) is 11.6 Å². The molecule has 21 heavy (non-hydrogen) atoms. The number of hydrogen-bond donors (Lipinski definition) is 1. The number of nitro groups is 1. The number of nitrogens with zero attached hydrogens (tertiary/aromatic N) is 2. The smallest absolute Gasteiger partial charge is 0.283 e. The van der Waals surface area contributed by atoms with Crippen molar-refractivity contribution in [1.29, 1.82) is 0 Å². The number of nitrogens with one attached hydrogen (secondary N) is 1. The SMILES string of the molecule is CN(C(=O)c1c(Cl)cccc1[N+](=O)[O-])C1CCCNCC1. The van der Waals surface area contributed by atoms with E-state index in [1.54, 1.807) is 11.9 Å². The van der Waals surface area contributed by atoms with Gasteiger partial charge in [0, 0.05) is 19.2 Å². The number of halogens is 1. The van der Waals surface area contributed by atoms with E-state index in [9.17, 15) is 14.9 Å². The first-order chi connectivity index (χ1) is 10.0. The largest absolute Gasteiger partial charge is 0.338 e. The van der Waals surface area contributed by atoms with Crippen LogP contribution in [0.25, 0.3) is 0 Å². The number of carbonyl (C=O) groups is 1. The molecule has 6 nitrogen and oxygen atoms in total. The van der Waals surface area contributed by atoms with Gasteiger partial charge in [0.05, 0.1) is 9.95 Å². The molecular weight excluding hydrogens is 294 g/mol. The Morgan fingerprint density at radius 1 is 1.43 bits per heavy atom. The van der Waals surface area contributed by atoms with Gasteiger partial charge in [-0.3, -0.25) is 14.9 Å². The molecular formula is C14H18ClN3O3. The highest BCUT2D eigenvalue weighted by Gasteiger charge is 2.29. The molecule has 1 saturated heterocycles. The molecule has 1 heterocycles. The second kappa shape index (κ2) is 6.87. The molecule has 114 valence electrons. The number of amides is 1. The lowest BCUT2D eigenvalue weighted by atomic mass is 10.1. The molecule has 0 saturated carbocycles. The van der Waals surface area contributed by atoms with Gasteiger partial charge in [-0.05, 0) is 38.4 Å². The van der Waals surface area contributed by atoms with Crippen LogP contribution in [0.5, 0.6) is 0 Å². The lowest BCUT2D eigenvalue weighted by Crippen LogP contribution is -2.38. The highest BCUT2D eigenvalue weighted by Crippen LogP contribution is 2.28. The minimum absolute atomic E-state index is 0.0242. The Morgan fingerprint density at radius 3 is 2.90 bits per heavy atom. The Hall–Kier alpha value is -1.66. The zero-order valence-electron chi connectivity index (χ0n) is 11.8. The lowest BCUT2D eigenvalue weighted by Gasteiger charge is -2.27. The molecule has 0 bridgehead atoms. The normalized spacial score (nSPS) is 18.9. The van der Waals surface area contributed by atoms with Gasteiger partial charge in [-0.25, -0.2) is 0 Å². The lowest BCUT2D eigenvalue weighted by molar-refractivity contribution is -0.385. The summed E-state index contributed by atoms with van der Waals surface area (Å²) in [7, 11) is 1.69. The van der Waals surface area contributed by atoms with E-state index in [2.05, 4.69) is 5.32 Å². The number of carbonyl (C=O) groups excluding carboxylic acids is 1. The van der Waals surface area contributed by atoms with Gasteiger partial charge in [-0.2, -0.15) is 0 Å². The molecule has 1 fully saturated rings. The van der Waals surface area contributed by atoms with Crippen LogP contribution in [0, 0.1) is 10.1 Å². The molecule has 1 aliphatic heterocycles. The van der Waals surface area contributed by atoms with Gasteiger partial charge in [0.15, 0.2) is 0 Å². The molecule has 1 N–H and O–H groups in total. The third kappa shape index (κ3) is 3.51. The predicted octanol–water partition coefficient (Wildman–Crippen LogP) is 2.46. The van der Waals surface area contributed by atoms with Gasteiger partial charge in [0.2, 0.25) is 0 Å². The van der Waals surface area contributed by atoms with Crippen LogP contribution in [0.1, 0.15) is 29.6 Å². The monoisotopic (exact) mass is 311 g/mol. The Balaban J connectivity index is 2.28. The van der Waals surface area contributed by atoms with Gasteiger partial charge < -0.3 is 10.2 Å². The maximum absolute atomic E-state index is 12.6. The molecule has 2 rings (SSSR count). The van der Waals surface area contributed by atoms with Crippen LogP contribution in [-0.4, -0.2) is 41.9 Å². The van der Waals surface area contributed by atoms with Crippen molar-refractivity contribution < 1.29 is 9.72 Å². The zero-order chi connectivity index (χ0) is 15.4. The molecule has 1 aliphatic rings. The summed E-state index contributed by atoms with van der Waals surface area (Å²) in [5, 5.41) is 14.5. The number of hydrogen-bond acceptors (Lipinski definition) is 4. The van der Waals surface area contributed by atoms with Crippen LogP contribution in [-0.2, 0) is 0 Å². The molecule has 0 aromatic heterocycles. The van der Waals surface area contributed by atoms with E-state index in [0.717, 1.165) is 32.4 Å². The van der Waals surface area contributed by atoms with Gasteiger partial charge in [0.25, 0.3) is 11.6 Å². The summed E-state index contributed by atoms with van der Waals surface area (Å²) in [6.45, 7) is 1.78. The van der Waals surface area contributed by atoms with Crippen LogP contribution >= 0.6 is 11.6 Å². The molecule has 0 aliphatic carbocycles. The molecule has 1 amide bonds. The Kier molecular flexibility index (Phi) is 5.14. The average molecular weight is 312 g/mol. The van der Waals surface area contributed by atoms with E-state index in [0.29, 0.717) is 0 Å². The van der Waals surface area contributed by atoms with Crippen molar-refractivity contribution in [3.05, 3.63) is 38.9 Å². The second-order valence-corrected chi connectivity index (χ2v) is 5.55. The fraction of sp³-hybridized carbons (Fsp3) is 0.500. The first-order valence-corrected chi connectivity index (χ1v) is 7.31. The van der Waals surface area contributed by atoms with Gasteiger partial charge in [0.1, 0.15) is 5.56 Å². The molecule has 7 heteroatoms. The highest BCUT2D eigenvalue weighted by molar-refractivity contribution is 6.34. The molecule has 1 unspecified atom stereocenters. The minimum Gasteiger partial charge on any atom is -0.338 e. The highest BCUT2D eigenvalue weighted by atomic mass is 35.5. The maximum Gasteiger partial charge on any atom is 0.283 e. The van der Waals surface area contributed by atoms with Crippen LogP contribution in [0.15, 0.2) is 18.2 Å². The van der Waals surface area contributed by atoms with Crippen molar-refractivity contribution in [3.8, 4) is 0 Å². The topological polar surface area (TPSA) is 75.5 Å². The molecule has 1 aromatic carbocycles. The van der Waals surface area contributed by atoms with Crippen molar-refractivity contribution in [2.45, 2.75) is 25.3 Å². The summed E-state index contributed by atoms with van der Waals surface area (Å²) in [5.74, 6) is -0.390. The second-order valence-electron chi connectivity index (χ2n) is 5.14. The van der Waals surface area contributed by atoms with E-state index in [1.165, 1.54) is 18.2 Å². The number of nitro benzene ring substituents is 1. The van der Waals surface area contributed by atoms with Gasteiger partial charge in [-0.1, -0.05) is 17.7 Å². The quantitative estimate of drug-likeness (QED) is 0.687. The molecule has 1 aromatic rings. The first-order valence-electron chi connectivity index (χ1n) is 6.93. The van der Waals surface area contributed by atoms with Crippen molar-refractivity contribution in [1.82, 2.24) is 10.2 Å². The van der Waals surface area contributed by atoms with Crippen molar-refractivity contribution in [2.24, 2.45) is 0 Å². The summed E-state index contributed by atoms with van der Waals surface area (Å²) < 4.78 is 0. The third-order valence-electron chi connectivity index (χ3n) is 3.82. The summed E-state index contributed by atoms with van der Waals surface area (Å²) in [4.78, 5) is 24.7.